The molecule has 0 saturated carbocycles. The molecule has 0 radical (unpaired) electrons. The van der Waals surface area contributed by atoms with Crippen LogP contribution in [-0.2, 0) is 6.42 Å². The predicted octanol–water partition coefficient (Wildman–Crippen LogP) is 3.87. The van der Waals surface area contributed by atoms with Gasteiger partial charge in [-0.2, -0.15) is 0 Å². The number of aryl methyl sites for hydroxylation is 1. The standard InChI is InChI=1S/C19H17ClN4O/c1-12-5-4-6-13(23-12)9-14-10-18(15(11-22-14)19(21)25)24-17-8-3-2-7-16(17)20/h2-8,10-11H,9H2,1H3,(H2,21,25)(H,22,24). The molecule has 0 spiro atoms. The van der Waals surface area contributed by atoms with Gasteiger partial charge in [0.05, 0.1) is 22.0 Å². The predicted molar refractivity (Wildman–Crippen MR) is 99.3 cm³/mol. The minimum absolute atomic E-state index is 0.306. The number of rotatable bonds is 5. The second-order valence-corrected chi connectivity index (χ2v) is 6.04. The molecule has 0 aliphatic rings. The van der Waals surface area contributed by atoms with Crippen molar-refractivity contribution < 1.29 is 4.79 Å². The zero-order valence-electron chi connectivity index (χ0n) is 13.7. The number of benzene rings is 1. The highest BCUT2D eigenvalue weighted by Gasteiger charge is 2.12. The van der Waals surface area contributed by atoms with E-state index in [1.807, 2.05) is 43.3 Å². The molecule has 0 saturated heterocycles. The summed E-state index contributed by atoms with van der Waals surface area (Å²) in [6.07, 6.45) is 2.03. The molecule has 25 heavy (non-hydrogen) atoms. The molecule has 126 valence electrons. The number of amides is 1. The normalized spacial score (nSPS) is 10.5. The van der Waals surface area contributed by atoms with Crippen molar-refractivity contribution in [3.8, 4) is 0 Å². The van der Waals surface area contributed by atoms with Gasteiger partial charge in [0.15, 0.2) is 0 Å². The van der Waals surface area contributed by atoms with Crippen molar-refractivity contribution in [2.24, 2.45) is 5.73 Å². The van der Waals surface area contributed by atoms with Gasteiger partial charge in [-0.25, -0.2) is 0 Å². The van der Waals surface area contributed by atoms with Gasteiger partial charge in [0, 0.05) is 29.7 Å². The molecule has 3 rings (SSSR count). The molecule has 5 nitrogen and oxygen atoms in total. The minimum Gasteiger partial charge on any atom is -0.365 e. The number of pyridine rings is 2. The van der Waals surface area contributed by atoms with Crippen LogP contribution in [0.1, 0.15) is 27.4 Å². The Kier molecular flexibility index (Phi) is 4.95. The molecule has 0 bridgehead atoms. The molecule has 3 N–H and O–H groups in total. The van der Waals surface area contributed by atoms with E-state index in [9.17, 15) is 4.79 Å². The number of carbonyl (C=O) groups is 1. The van der Waals surface area contributed by atoms with Gasteiger partial charge in [-0.3, -0.25) is 14.8 Å². The Bertz CT molecular complexity index is 927. The molecule has 0 atom stereocenters. The number of anilines is 2. The Morgan fingerprint density at radius 3 is 2.64 bits per heavy atom. The van der Waals surface area contributed by atoms with Crippen LogP contribution in [0.4, 0.5) is 11.4 Å². The Labute approximate surface area is 150 Å². The zero-order valence-corrected chi connectivity index (χ0v) is 14.4. The van der Waals surface area contributed by atoms with Crippen LogP contribution in [0.3, 0.4) is 0 Å². The third-order valence-electron chi connectivity index (χ3n) is 3.68. The lowest BCUT2D eigenvalue weighted by Crippen LogP contribution is -2.14. The Morgan fingerprint density at radius 1 is 1.12 bits per heavy atom. The van der Waals surface area contributed by atoms with Crippen LogP contribution in [-0.4, -0.2) is 15.9 Å². The van der Waals surface area contributed by atoms with Crippen LogP contribution >= 0.6 is 11.6 Å². The first-order valence-corrected chi connectivity index (χ1v) is 8.13. The molecular weight excluding hydrogens is 336 g/mol. The van der Waals surface area contributed by atoms with E-state index in [2.05, 4.69) is 15.3 Å². The van der Waals surface area contributed by atoms with E-state index in [0.717, 1.165) is 17.1 Å². The molecule has 6 heteroatoms. The van der Waals surface area contributed by atoms with E-state index in [1.54, 1.807) is 12.1 Å². The molecule has 2 heterocycles. The molecule has 0 aliphatic heterocycles. The van der Waals surface area contributed by atoms with E-state index in [1.165, 1.54) is 6.20 Å². The SMILES string of the molecule is Cc1cccc(Cc2cc(Nc3ccccc3Cl)c(C(N)=O)cn2)n1. The quantitative estimate of drug-likeness (QED) is 0.730. The number of nitrogens with zero attached hydrogens (tertiary/aromatic N) is 2. The Morgan fingerprint density at radius 2 is 1.92 bits per heavy atom. The van der Waals surface area contributed by atoms with Crippen molar-refractivity contribution in [1.29, 1.82) is 0 Å². The molecule has 1 aromatic carbocycles. The maximum absolute atomic E-state index is 11.7. The van der Waals surface area contributed by atoms with E-state index < -0.39 is 5.91 Å². The number of carbonyl (C=O) groups excluding carboxylic acids is 1. The summed E-state index contributed by atoms with van der Waals surface area (Å²) in [5.74, 6) is -0.553. The van der Waals surface area contributed by atoms with E-state index in [4.69, 9.17) is 17.3 Å². The summed E-state index contributed by atoms with van der Waals surface area (Å²) in [7, 11) is 0. The highest BCUT2D eigenvalue weighted by molar-refractivity contribution is 6.33. The topological polar surface area (TPSA) is 80.9 Å². The molecule has 0 unspecified atom stereocenters. The van der Waals surface area contributed by atoms with Gasteiger partial charge in [-0.1, -0.05) is 29.8 Å². The first-order valence-electron chi connectivity index (χ1n) is 7.76. The summed E-state index contributed by atoms with van der Waals surface area (Å²) in [4.78, 5) is 20.5. The number of primary amides is 1. The Hall–Kier alpha value is -2.92. The number of hydrogen-bond acceptors (Lipinski definition) is 4. The summed E-state index contributed by atoms with van der Waals surface area (Å²) < 4.78 is 0. The fourth-order valence-corrected chi connectivity index (χ4v) is 2.67. The van der Waals surface area contributed by atoms with E-state index in [-0.39, 0.29) is 0 Å². The van der Waals surface area contributed by atoms with Crippen molar-refractivity contribution in [2.75, 3.05) is 5.32 Å². The van der Waals surface area contributed by atoms with Gasteiger partial charge in [0.1, 0.15) is 0 Å². The van der Waals surface area contributed by atoms with E-state index in [0.29, 0.717) is 28.4 Å². The van der Waals surface area contributed by atoms with Gasteiger partial charge in [0.2, 0.25) is 0 Å². The zero-order chi connectivity index (χ0) is 17.8. The number of hydrogen-bond donors (Lipinski definition) is 2. The lowest BCUT2D eigenvalue weighted by Gasteiger charge is -2.13. The monoisotopic (exact) mass is 352 g/mol. The number of nitrogens with one attached hydrogen (secondary N) is 1. The fourth-order valence-electron chi connectivity index (χ4n) is 2.49. The van der Waals surface area contributed by atoms with Gasteiger partial charge in [-0.05, 0) is 37.3 Å². The van der Waals surface area contributed by atoms with Crippen molar-refractivity contribution >= 4 is 28.9 Å². The maximum atomic E-state index is 11.7. The summed E-state index contributed by atoms with van der Waals surface area (Å²) in [5, 5.41) is 3.72. The van der Waals surface area contributed by atoms with Crippen LogP contribution in [0.2, 0.25) is 5.02 Å². The Balaban J connectivity index is 1.94. The summed E-state index contributed by atoms with van der Waals surface area (Å²) >= 11 is 6.19. The van der Waals surface area contributed by atoms with Crippen LogP contribution in [0.5, 0.6) is 0 Å². The van der Waals surface area contributed by atoms with Crippen molar-refractivity contribution in [1.82, 2.24) is 9.97 Å². The highest BCUT2D eigenvalue weighted by Crippen LogP contribution is 2.27. The average Bonchev–Trinajstić information content (AvgIpc) is 2.57. The summed E-state index contributed by atoms with van der Waals surface area (Å²) in [5.41, 5.74) is 9.66. The highest BCUT2D eigenvalue weighted by atomic mass is 35.5. The molecule has 3 aromatic rings. The first kappa shape index (κ1) is 16.9. The van der Waals surface area contributed by atoms with Crippen molar-refractivity contribution in [2.45, 2.75) is 13.3 Å². The second-order valence-electron chi connectivity index (χ2n) is 5.64. The number of para-hydroxylation sites is 1. The van der Waals surface area contributed by atoms with Crippen LogP contribution in [0.25, 0.3) is 0 Å². The molecule has 0 fully saturated rings. The third kappa shape index (κ3) is 4.14. The average molecular weight is 353 g/mol. The molecule has 2 aromatic heterocycles. The number of halogens is 1. The molecule has 1 amide bonds. The second kappa shape index (κ2) is 7.32. The van der Waals surface area contributed by atoms with Crippen molar-refractivity contribution in [3.05, 3.63) is 82.4 Å². The van der Waals surface area contributed by atoms with Gasteiger partial charge in [0.25, 0.3) is 5.91 Å². The van der Waals surface area contributed by atoms with Gasteiger partial charge >= 0.3 is 0 Å². The third-order valence-corrected chi connectivity index (χ3v) is 4.01. The summed E-state index contributed by atoms with van der Waals surface area (Å²) in [6.45, 7) is 1.94. The largest absolute Gasteiger partial charge is 0.365 e. The lowest BCUT2D eigenvalue weighted by atomic mass is 10.1. The lowest BCUT2D eigenvalue weighted by molar-refractivity contribution is 0.100. The van der Waals surface area contributed by atoms with Gasteiger partial charge < -0.3 is 11.1 Å². The fraction of sp³-hybridized carbons (Fsp3) is 0.105. The van der Waals surface area contributed by atoms with E-state index >= 15 is 0 Å². The first-order chi connectivity index (χ1) is 12.0. The summed E-state index contributed by atoms with van der Waals surface area (Å²) in [6, 6.07) is 14.9. The van der Waals surface area contributed by atoms with Crippen LogP contribution < -0.4 is 11.1 Å². The van der Waals surface area contributed by atoms with Crippen LogP contribution in [0, 0.1) is 6.92 Å². The molecule has 0 aliphatic carbocycles. The van der Waals surface area contributed by atoms with Crippen molar-refractivity contribution in [3.63, 3.8) is 0 Å². The van der Waals surface area contributed by atoms with Crippen LogP contribution in [0.15, 0.2) is 54.7 Å². The minimum atomic E-state index is -0.553. The maximum Gasteiger partial charge on any atom is 0.252 e. The molecular formula is C19H17ClN4O. The number of nitrogens with two attached hydrogens (primary N) is 1. The smallest absolute Gasteiger partial charge is 0.252 e. The van der Waals surface area contributed by atoms with Gasteiger partial charge in [-0.15, -0.1) is 0 Å². The number of aromatic nitrogens is 2.